The van der Waals surface area contributed by atoms with E-state index in [1.807, 2.05) is 6.07 Å². The second-order valence-corrected chi connectivity index (χ2v) is 7.20. The first-order valence-corrected chi connectivity index (χ1v) is 8.94. The Balaban J connectivity index is 1.24. The van der Waals surface area contributed by atoms with Crippen LogP contribution >= 0.6 is 0 Å². The summed E-state index contributed by atoms with van der Waals surface area (Å²) in [5.41, 5.74) is 1.02. The third kappa shape index (κ3) is 3.93. The lowest BCUT2D eigenvalue weighted by molar-refractivity contribution is 0.186. The molecule has 4 nitrogen and oxygen atoms in total. The highest BCUT2D eigenvalue weighted by molar-refractivity contribution is 5.22. The van der Waals surface area contributed by atoms with E-state index < -0.39 is 0 Å². The van der Waals surface area contributed by atoms with E-state index in [1.54, 1.807) is 18.2 Å². The minimum atomic E-state index is -0.227. The second-order valence-electron chi connectivity index (χ2n) is 7.20. The Morgan fingerprint density at radius 3 is 2.44 bits per heavy atom. The summed E-state index contributed by atoms with van der Waals surface area (Å²) in [4.78, 5) is 6.77. The van der Waals surface area contributed by atoms with Gasteiger partial charge in [-0.2, -0.15) is 0 Å². The van der Waals surface area contributed by atoms with Crippen LogP contribution in [0.25, 0.3) is 0 Å². The number of benzene rings is 1. The zero-order chi connectivity index (χ0) is 17.2. The zero-order valence-corrected chi connectivity index (χ0v) is 14.1. The normalized spacial score (nSPS) is 25.9. The first-order chi connectivity index (χ1) is 12.2. The molecule has 4 rings (SSSR count). The fourth-order valence-corrected chi connectivity index (χ4v) is 4.16. The average molecular weight is 342 g/mol. The van der Waals surface area contributed by atoms with E-state index in [0.29, 0.717) is 11.8 Å². The van der Waals surface area contributed by atoms with Gasteiger partial charge in [0.15, 0.2) is 0 Å². The van der Waals surface area contributed by atoms with E-state index in [4.69, 9.17) is 4.74 Å². The number of ether oxygens (including phenoxy) is 1. The van der Waals surface area contributed by atoms with Gasteiger partial charge in [0.05, 0.1) is 12.3 Å². The molecule has 2 fully saturated rings. The molecule has 1 saturated heterocycles. The molecule has 0 amide bonds. The lowest BCUT2D eigenvalue weighted by Crippen LogP contribution is -2.26. The molecule has 1 N–H and O–H groups in total. The van der Waals surface area contributed by atoms with Gasteiger partial charge in [0.1, 0.15) is 17.3 Å². The van der Waals surface area contributed by atoms with E-state index >= 15 is 0 Å². The molecule has 0 unspecified atom stereocenters. The predicted octanol–water partition coefficient (Wildman–Crippen LogP) is 3.26. The van der Waals surface area contributed by atoms with Gasteiger partial charge in [-0.3, -0.25) is 4.98 Å². The van der Waals surface area contributed by atoms with Gasteiger partial charge < -0.3 is 14.7 Å². The molecule has 132 valence electrons. The number of likely N-dealkylation sites (tertiary alicyclic amines) is 1. The molecular formula is C20H23FN2O2. The summed E-state index contributed by atoms with van der Waals surface area (Å²) in [6.45, 7) is 3.24. The van der Waals surface area contributed by atoms with E-state index in [2.05, 4.69) is 9.88 Å². The summed E-state index contributed by atoms with van der Waals surface area (Å²) in [6.07, 6.45) is 4.83. The fraction of sp³-hybridized carbons (Fsp3) is 0.450. The molecule has 0 spiro atoms. The van der Waals surface area contributed by atoms with Crippen LogP contribution in [-0.4, -0.2) is 40.7 Å². The van der Waals surface area contributed by atoms with Crippen molar-refractivity contribution in [1.29, 1.82) is 0 Å². The van der Waals surface area contributed by atoms with Crippen LogP contribution in [0.5, 0.6) is 11.5 Å². The van der Waals surface area contributed by atoms with Gasteiger partial charge in [-0.15, -0.1) is 0 Å². The topological polar surface area (TPSA) is 45.6 Å². The van der Waals surface area contributed by atoms with Crippen molar-refractivity contribution in [2.75, 3.05) is 19.6 Å². The number of aromatic nitrogens is 1. The Labute approximate surface area is 147 Å². The van der Waals surface area contributed by atoms with Crippen molar-refractivity contribution >= 4 is 0 Å². The highest BCUT2D eigenvalue weighted by atomic mass is 19.1. The monoisotopic (exact) mass is 342 g/mol. The molecule has 1 aromatic heterocycles. The minimum absolute atomic E-state index is 0.214. The van der Waals surface area contributed by atoms with Crippen LogP contribution in [0, 0.1) is 17.7 Å². The van der Waals surface area contributed by atoms with Gasteiger partial charge in [-0.25, -0.2) is 4.39 Å². The maximum atomic E-state index is 13.0. The lowest BCUT2D eigenvalue weighted by atomic mass is 10.0. The number of rotatable bonds is 5. The number of nitrogens with zero attached hydrogens (tertiary/aromatic N) is 2. The Bertz CT molecular complexity index is 691. The maximum Gasteiger partial charge on any atom is 0.133 e. The Morgan fingerprint density at radius 1 is 1.08 bits per heavy atom. The number of halogens is 1. The quantitative estimate of drug-likeness (QED) is 0.906. The SMILES string of the molecule is Oc1ccc(CCN2C[C@H]3C[C@H](Oc4ccc(F)cc4)C[C@H]3C2)nc1. The molecule has 1 aromatic carbocycles. The summed E-state index contributed by atoms with van der Waals surface area (Å²) in [7, 11) is 0. The Morgan fingerprint density at radius 2 is 1.80 bits per heavy atom. The fourth-order valence-electron chi connectivity index (χ4n) is 4.16. The molecule has 1 aliphatic carbocycles. The van der Waals surface area contributed by atoms with E-state index in [0.717, 1.165) is 50.3 Å². The average Bonchev–Trinajstić information content (AvgIpc) is 3.14. The highest BCUT2D eigenvalue weighted by Gasteiger charge is 2.41. The second kappa shape index (κ2) is 7.00. The highest BCUT2D eigenvalue weighted by Crippen LogP contribution is 2.39. The number of hydrogen-bond acceptors (Lipinski definition) is 4. The van der Waals surface area contributed by atoms with Crippen LogP contribution in [0.2, 0.25) is 0 Å². The standard InChI is InChI=1S/C20H23FN2O2/c21-16-1-5-19(6-2-16)25-20-9-14-12-23(13-15(14)10-20)8-7-17-3-4-18(24)11-22-17/h1-6,11,14-15,20,24H,7-10,12-13H2/t14-,15+,20+. The van der Waals surface area contributed by atoms with Gasteiger partial charge in [0.2, 0.25) is 0 Å². The largest absolute Gasteiger partial charge is 0.506 e. The Kier molecular flexibility index (Phi) is 4.57. The third-order valence-electron chi connectivity index (χ3n) is 5.39. The number of fused-ring (bicyclic) bond motifs is 1. The van der Waals surface area contributed by atoms with Crippen LogP contribution in [0.15, 0.2) is 42.6 Å². The predicted molar refractivity (Wildman–Crippen MR) is 93.1 cm³/mol. The van der Waals surface area contributed by atoms with Crippen LogP contribution in [0.3, 0.4) is 0 Å². The zero-order valence-electron chi connectivity index (χ0n) is 14.1. The summed E-state index contributed by atoms with van der Waals surface area (Å²) >= 11 is 0. The molecule has 5 heteroatoms. The first kappa shape index (κ1) is 16.3. The third-order valence-corrected chi connectivity index (χ3v) is 5.39. The van der Waals surface area contributed by atoms with Gasteiger partial charge in [-0.1, -0.05) is 0 Å². The molecule has 2 aromatic rings. The molecule has 0 radical (unpaired) electrons. The van der Waals surface area contributed by atoms with Gasteiger partial charge in [0.25, 0.3) is 0 Å². The molecule has 25 heavy (non-hydrogen) atoms. The summed E-state index contributed by atoms with van der Waals surface area (Å²) in [5, 5.41) is 9.29. The molecule has 2 heterocycles. The minimum Gasteiger partial charge on any atom is -0.506 e. The maximum absolute atomic E-state index is 13.0. The molecular weight excluding hydrogens is 319 g/mol. The molecule has 0 bridgehead atoms. The molecule has 3 atom stereocenters. The van der Waals surface area contributed by atoms with E-state index in [1.165, 1.54) is 18.3 Å². The number of aromatic hydroxyl groups is 1. The van der Waals surface area contributed by atoms with Crippen LogP contribution in [0.1, 0.15) is 18.5 Å². The van der Waals surface area contributed by atoms with Crippen LogP contribution < -0.4 is 4.74 Å². The number of pyridine rings is 1. The Hall–Kier alpha value is -2.14. The molecule has 1 saturated carbocycles. The van der Waals surface area contributed by atoms with Crippen LogP contribution in [0.4, 0.5) is 4.39 Å². The lowest BCUT2D eigenvalue weighted by Gasteiger charge is -2.19. The van der Waals surface area contributed by atoms with Crippen molar-refractivity contribution in [3.05, 3.63) is 54.1 Å². The van der Waals surface area contributed by atoms with Crippen molar-refractivity contribution < 1.29 is 14.2 Å². The van der Waals surface area contributed by atoms with E-state index in [9.17, 15) is 9.50 Å². The van der Waals surface area contributed by atoms with Crippen molar-refractivity contribution in [1.82, 2.24) is 9.88 Å². The summed E-state index contributed by atoms with van der Waals surface area (Å²) in [6, 6.07) is 9.90. The smallest absolute Gasteiger partial charge is 0.133 e. The summed E-state index contributed by atoms with van der Waals surface area (Å²) in [5.74, 6) is 2.14. The van der Waals surface area contributed by atoms with E-state index in [-0.39, 0.29) is 17.7 Å². The van der Waals surface area contributed by atoms with Gasteiger partial charge in [-0.05, 0) is 61.1 Å². The summed E-state index contributed by atoms with van der Waals surface area (Å²) < 4.78 is 19.0. The van der Waals surface area contributed by atoms with Gasteiger partial charge in [0, 0.05) is 31.7 Å². The van der Waals surface area contributed by atoms with Crippen molar-refractivity contribution in [3.63, 3.8) is 0 Å². The molecule has 1 aliphatic heterocycles. The van der Waals surface area contributed by atoms with Crippen molar-refractivity contribution in [2.45, 2.75) is 25.4 Å². The van der Waals surface area contributed by atoms with Crippen molar-refractivity contribution in [2.24, 2.45) is 11.8 Å². The molecule has 2 aliphatic rings. The number of hydrogen-bond donors (Lipinski definition) is 1. The first-order valence-electron chi connectivity index (χ1n) is 8.94. The van der Waals surface area contributed by atoms with Gasteiger partial charge >= 0.3 is 0 Å². The van der Waals surface area contributed by atoms with Crippen molar-refractivity contribution in [3.8, 4) is 11.5 Å². The van der Waals surface area contributed by atoms with Crippen LogP contribution in [-0.2, 0) is 6.42 Å².